The predicted octanol–water partition coefficient (Wildman–Crippen LogP) is 3.26. The van der Waals surface area contributed by atoms with Crippen molar-refractivity contribution in [3.8, 4) is 11.1 Å². The number of amides is 2. The number of benzene rings is 2. The summed E-state index contributed by atoms with van der Waals surface area (Å²) >= 11 is 0. The van der Waals surface area contributed by atoms with Crippen molar-refractivity contribution in [2.24, 2.45) is 5.92 Å². The molecule has 0 saturated carbocycles. The van der Waals surface area contributed by atoms with Crippen molar-refractivity contribution in [2.45, 2.75) is 51.5 Å². The number of nitrogens with zero attached hydrogens (tertiary/aromatic N) is 3. The minimum atomic E-state index is -0.351. The molecule has 7 heteroatoms. The third kappa shape index (κ3) is 5.48. The van der Waals surface area contributed by atoms with Crippen LogP contribution >= 0.6 is 0 Å². The predicted molar refractivity (Wildman–Crippen MR) is 140 cm³/mol. The van der Waals surface area contributed by atoms with Crippen LogP contribution in [-0.4, -0.2) is 90.1 Å². The number of aliphatic hydroxyl groups excluding tert-OH is 1. The van der Waals surface area contributed by atoms with Crippen LogP contribution in [0.5, 0.6) is 0 Å². The normalized spacial score (nSPS) is 24.0. The van der Waals surface area contributed by atoms with Gasteiger partial charge in [0.2, 0.25) is 5.91 Å². The van der Waals surface area contributed by atoms with Crippen LogP contribution in [0.25, 0.3) is 11.1 Å². The number of hydrogen-bond donors (Lipinski definition) is 1. The Morgan fingerprint density at radius 3 is 2.47 bits per heavy atom. The number of carbonyl (C=O) groups excluding carboxylic acids is 2. The lowest BCUT2D eigenvalue weighted by atomic mass is 9.94. The Bertz CT molecular complexity index is 1070. The molecule has 1 fully saturated rings. The molecule has 2 amide bonds. The van der Waals surface area contributed by atoms with Gasteiger partial charge in [0.1, 0.15) is 0 Å². The van der Waals surface area contributed by atoms with Crippen LogP contribution in [0.1, 0.15) is 42.6 Å². The number of hydrogen-bond acceptors (Lipinski definition) is 5. The Labute approximate surface area is 214 Å². The van der Waals surface area contributed by atoms with Gasteiger partial charge in [-0.1, -0.05) is 49.4 Å². The smallest absolute Gasteiger partial charge is 0.254 e. The van der Waals surface area contributed by atoms with Gasteiger partial charge < -0.3 is 19.6 Å². The SMILES string of the molecule is C[C@H]1CN([C@@H](C)CO)C(=O)c2ccccc2-c2ccccc2CO[C@@H]1CN(C)C(=O)[C@H]1CCCN1C. The number of ether oxygens (including phenoxy) is 1. The average molecular weight is 494 g/mol. The van der Waals surface area contributed by atoms with E-state index in [2.05, 4.69) is 11.8 Å². The van der Waals surface area contributed by atoms with E-state index in [4.69, 9.17) is 4.74 Å². The molecule has 2 aromatic carbocycles. The van der Waals surface area contributed by atoms with Crippen LogP contribution in [0, 0.1) is 5.92 Å². The summed E-state index contributed by atoms with van der Waals surface area (Å²) in [7, 11) is 3.85. The molecule has 0 bridgehead atoms. The van der Waals surface area contributed by atoms with Crippen LogP contribution in [0.3, 0.4) is 0 Å². The molecule has 0 radical (unpaired) electrons. The van der Waals surface area contributed by atoms with Crippen molar-refractivity contribution < 1.29 is 19.4 Å². The van der Waals surface area contributed by atoms with Gasteiger partial charge >= 0.3 is 0 Å². The van der Waals surface area contributed by atoms with E-state index in [-0.39, 0.29) is 42.5 Å². The van der Waals surface area contributed by atoms with Crippen molar-refractivity contribution in [1.29, 1.82) is 0 Å². The second-order valence-corrected chi connectivity index (χ2v) is 10.4. The molecule has 0 aromatic heterocycles. The molecule has 1 saturated heterocycles. The van der Waals surface area contributed by atoms with E-state index in [1.807, 2.05) is 69.6 Å². The topological polar surface area (TPSA) is 73.3 Å². The first kappa shape index (κ1) is 26.3. The van der Waals surface area contributed by atoms with E-state index in [1.54, 1.807) is 9.80 Å². The third-order valence-corrected chi connectivity index (χ3v) is 7.73. The molecule has 0 aliphatic carbocycles. The molecule has 36 heavy (non-hydrogen) atoms. The molecule has 194 valence electrons. The van der Waals surface area contributed by atoms with Gasteiger partial charge in [-0.3, -0.25) is 14.5 Å². The number of likely N-dealkylation sites (tertiary alicyclic amines) is 1. The number of carbonyl (C=O) groups is 2. The Morgan fingerprint density at radius 2 is 1.81 bits per heavy atom. The van der Waals surface area contributed by atoms with Crippen molar-refractivity contribution in [2.75, 3.05) is 40.3 Å². The number of rotatable bonds is 5. The maximum atomic E-state index is 13.9. The van der Waals surface area contributed by atoms with Gasteiger partial charge in [0.25, 0.3) is 5.91 Å². The standard InChI is InChI=1S/C29H39N3O4/c1-20-16-32(21(2)18-33)28(34)25-13-8-7-12-24(25)23-11-6-5-10-22(23)19-36-27(20)17-31(4)29(35)26-14-9-15-30(26)3/h5-8,10-13,20-21,26-27,33H,9,14-19H2,1-4H3/t20-,21-,26+,27+/m0/s1. The molecule has 7 nitrogen and oxygen atoms in total. The summed E-state index contributed by atoms with van der Waals surface area (Å²) in [4.78, 5) is 32.8. The Kier molecular flexibility index (Phi) is 8.44. The van der Waals surface area contributed by atoms with E-state index in [0.717, 1.165) is 36.1 Å². The highest BCUT2D eigenvalue weighted by Gasteiger charge is 2.34. The van der Waals surface area contributed by atoms with Crippen LogP contribution in [0.2, 0.25) is 0 Å². The molecule has 4 atom stereocenters. The zero-order valence-electron chi connectivity index (χ0n) is 21.9. The van der Waals surface area contributed by atoms with Crippen LogP contribution in [0.4, 0.5) is 0 Å². The maximum Gasteiger partial charge on any atom is 0.254 e. The third-order valence-electron chi connectivity index (χ3n) is 7.73. The Hall–Kier alpha value is -2.74. The molecule has 2 aromatic rings. The first-order chi connectivity index (χ1) is 17.3. The van der Waals surface area contributed by atoms with Crippen molar-refractivity contribution in [3.05, 3.63) is 59.7 Å². The highest BCUT2D eigenvalue weighted by molar-refractivity contribution is 6.01. The quantitative estimate of drug-likeness (QED) is 0.692. The molecule has 4 rings (SSSR count). The average Bonchev–Trinajstić information content (AvgIpc) is 3.33. The lowest BCUT2D eigenvalue weighted by Gasteiger charge is -2.35. The Morgan fingerprint density at radius 1 is 1.14 bits per heavy atom. The lowest BCUT2D eigenvalue weighted by molar-refractivity contribution is -0.137. The lowest BCUT2D eigenvalue weighted by Crippen LogP contribution is -2.49. The van der Waals surface area contributed by atoms with E-state index in [1.165, 1.54) is 0 Å². The second-order valence-electron chi connectivity index (χ2n) is 10.4. The van der Waals surface area contributed by atoms with Gasteiger partial charge in [0.15, 0.2) is 0 Å². The fraction of sp³-hybridized carbons (Fsp3) is 0.517. The molecule has 2 aliphatic heterocycles. The fourth-order valence-corrected chi connectivity index (χ4v) is 5.39. The van der Waals surface area contributed by atoms with E-state index < -0.39 is 0 Å². The van der Waals surface area contributed by atoms with E-state index >= 15 is 0 Å². The van der Waals surface area contributed by atoms with Crippen molar-refractivity contribution >= 4 is 11.8 Å². The van der Waals surface area contributed by atoms with E-state index in [0.29, 0.717) is 25.3 Å². The summed E-state index contributed by atoms with van der Waals surface area (Å²) in [5.41, 5.74) is 3.44. The minimum Gasteiger partial charge on any atom is -0.394 e. The molecule has 0 unspecified atom stereocenters. The Balaban J connectivity index is 1.68. The molecular formula is C29H39N3O4. The molecule has 2 heterocycles. The largest absolute Gasteiger partial charge is 0.394 e. The molecule has 1 N–H and O–H groups in total. The summed E-state index contributed by atoms with van der Waals surface area (Å²) in [5.74, 6) is -0.0482. The fourth-order valence-electron chi connectivity index (χ4n) is 5.39. The summed E-state index contributed by atoms with van der Waals surface area (Å²) in [6.07, 6.45) is 1.63. The first-order valence-electron chi connectivity index (χ1n) is 13.0. The summed E-state index contributed by atoms with van der Waals surface area (Å²) in [6, 6.07) is 15.2. The summed E-state index contributed by atoms with van der Waals surface area (Å²) < 4.78 is 6.53. The van der Waals surface area contributed by atoms with Gasteiger partial charge in [-0.25, -0.2) is 0 Å². The zero-order chi connectivity index (χ0) is 25.8. The van der Waals surface area contributed by atoms with E-state index in [9.17, 15) is 14.7 Å². The number of aliphatic hydroxyl groups is 1. The second kappa shape index (κ2) is 11.5. The molecule has 0 spiro atoms. The summed E-state index contributed by atoms with van der Waals surface area (Å²) in [5, 5.41) is 9.99. The highest BCUT2D eigenvalue weighted by atomic mass is 16.5. The van der Waals surface area contributed by atoms with Gasteiger partial charge in [0, 0.05) is 31.6 Å². The molecular weight excluding hydrogens is 454 g/mol. The number of likely N-dealkylation sites (N-methyl/N-ethyl adjacent to an activating group) is 2. The van der Waals surface area contributed by atoms with Crippen LogP contribution in [-0.2, 0) is 16.1 Å². The number of fused-ring (bicyclic) bond motifs is 3. The van der Waals surface area contributed by atoms with Gasteiger partial charge in [-0.05, 0) is 56.1 Å². The van der Waals surface area contributed by atoms with Crippen molar-refractivity contribution in [1.82, 2.24) is 14.7 Å². The maximum absolute atomic E-state index is 13.9. The van der Waals surface area contributed by atoms with Crippen molar-refractivity contribution in [3.63, 3.8) is 0 Å². The molecule has 2 aliphatic rings. The van der Waals surface area contributed by atoms with Gasteiger partial charge in [-0.15, -0.1) is 0 Å². The summed E-state index contributed by atoms with van der Waals surface area (Å²) in [6.45, 7) is 5.97. The zero-order valence-corrected chi connectivity index (χ0v) is 21.9. The first-order valence-corrected chi connectivity index (χ1v) is 13.0. The van der Waals surface area contributed by atoms with Gasteiger partial charge in [-0.2, -0.15) is 0 Å². The monoisotopic (exact) mass is 493 g/mol. The van der Waals surface area contributed by atoms with Crippen LogP contribution < -0.4 is 0 Å². The minimum absolute atomic E-state index is 0.0584. The highest BCUT2D eigenvalue weighted by Crippen LogP contribution is 2.31. The van der Waals surface area contributed by atoms with Gasteiger partial charge in [0.05, 0.1) is 31.4 Å². The van der Waals surface area contributed by atoms with Crippen LogP contribution in [0.15, 0.2) is 48.5 Å².